The topological polar surface area (TPSA) is 70.8 Å². The summed E-state index contributed by atoms with van der Waals surface area (Å²) in [6, 6.07) is 3.39. The summed E-state index contributed by atoms with van der Waals surface area (Å²) < 4.78 is 15.6. The second-order valence-corrected chi connectivity index (χ2v) is 3.39. The second kappa shape index (κ2) is 3.38. The van der Waals surface area contributed by atoms with Crippen molar-refractivity contribution >= 4 is 22.0 Å². The first-order valence-corrected chi connectivity index (χ1v) is 4.53. The van der Waals surface area contributed by atoms with E-state index in [9.17, 15) is 4.79 Å². The number of benzene rings is 1. The molecule has 0 aromatic heterocycles. The molecule has 0 saturated heterocycles. The highest BCUT2D eigenvalue weighted by molar-refractivity contribution is 9.10. The molecule has 1 aromatic rings. The molecule has 0 radical (unpaired) electrons. The maximum absolute atomic E-state index is 10.6. The molecule has 2 rings (SSSR count). The molecule has 0 saturated carbocycles. The van der Waals surface area contributed by atoms with Gasteiger partial charge in [-0.1, -0.05) is 0 Å². The molecule has 0 spiro atoms. The summed E-state index contributed by atoms with van der Waals surface area (Å²) in [4.78, 5) is 10.6. The number of ether oxygens (including phenoxy) is 3. The van der Waals surface area contributed by atoms with Crippen LogP contribution in [0.25, 0.3) is 0 Å². The molecule has 1 heterocycles. The minimum absolute atomic E-state index is 0.112. The van der Waals surface area contributed by atoms with Gasteiger partial charge in [-0.25, -0.2) is 4.79 Å². The average molecular weight is 260 g/mol. The number of hydrogen-bond donors (Lipinski definition) is 1. The van der Waals surface area contributed by atoms with Gasteiger partial charge in [0, 0.05) is 0 Å². The van der Waals surface area contributed by atoms with Gasteiger partial charge in [0.15, 0.2) is 11.5 Å². The van der Waals surface area contributed by atoms with Crippen molar-refractivity contribution in [3.8, 4) is 17.2 Å². The molecule has 0 atom stereocenters. The maximum Gasteiger partial charge on any atom is 0.410 e. The van der Waals surface area contributed by atoms with Gasteiger partial charge >= 0.3 is 6.09 Å². The van der Waals surface area contributed by atoms with Crippen LogP contribution in [0.5, 0.6) is 17.2 Å². The van der Waals surface area contributed by atoms with Crippen LogP contribution in [0.3, 0.4) is 0 Å². The fourth-order valence-electron chi connectivity index (χ4n) is 1.12. The van der Waals surface area contributed by atoms with E-state index < -0.39 is 6.09 Å². The minimum atomic E-state index is -0.894. The number of hydrogen-bond acceptors (Lipinski definition) is 4. The van der Waals surface area contributed by atoms with Gasteiger partial charge in [-0.3, -0.25) is 0 Å². The van der Waals surface area contributed by atoms with Crippen molar-refractivity contribution < 1.29 is 19.0 Å². The van der Waals surface area contributed by atoms with E-state index in [0.717, 1.165) is 0 Å². The molecule has 5 nitrogen and oxygen atoms in total. The molecule has 1 aromatic carbocycles. The number of nitrogens with two attached hydrogens (primary N) is 1. The predicted octanol–water partition coefficient (Wildman–Crippen LogP) is 1.64. The summed E-state index contributed by atoms with van der Waals surface area (Å²) in [7, 11) is 0. The Bertz CT molecular complexity index is 393. The van der Waals surface area contributed by atoms with Crippen molar-refractivity contribution in [3.63, 3.8) is 0 Å². The standard InChI is InChI=1S/C8H6BrNO4/c9-4-1-2-5-7(13-3-12-5)6(4)14-8(10)11/h1-2H,3H2,(H2,10,11). The van der Waals surface area contributed by atoms with E-state index >= 15 is 0 Å². The quantitative estimate of drug-likeness (QED) is 0.833. The third-order valence-electron chi connectivity index (χ3n) is 1.65. The first-order valence-electron chi connectivity index (χ1n) is 3.74. The molecule has 0 bridgehead atoms. The molecule has 2 N–H and O–H groups in total. The van der Waals surface area contributed by atoms with Crippen LogP contribution >= 0.6 is 15.9 Å². The molecule has 0 aliphatic carbocycles. The van der Waals surface area contributed by atoms with Gasteiger partial charge in [0.2, 0.25) is 12.5 Å². The lowest BCUT2D eigenvalue weighted by molar-refractivity contribution is 0.169. The van der Waals surface area contributed by atoms with E-state index in [4.69, 9.17) is 19.9 Å². The zero-order valence-electron chi connectivity index (χ0n) is 6.95. The summed E-state index contributed by atoms with van der Waals surface area (Å²) in [6.45, 7) is 0.112. The van der Waals surface area contributed by atoms with E-state index in [1.165, 1.54) is 0 Å². The van der Waals surface area contributed by atoms with Gasteiger partial charge in [-0.05, 0) is 28.1 Å². The Morgan fingerprint density at radius 1 is 1.50 bits per heavy atom. The first kappa shape index (κ1) is 9.14. The molecular formula is C8H6BrNO4. The van der Waals surface area contributed by atoms with Crippen LogP contribution in [0.1, 0.15) is 0 Å². The predicted molar refractivity (Wildman–Crippen MR) is 50.5 cm³/mol. The Hall–Kier alpha value is -1.43. The average Bonchev–Trinajstić information content (AvgIpc) is 2.57. The van der Waals surface area contributed by atoms with Crippen molar-refractivity contribution in [2.75, 3.05) is 6.79 Å². The Kier molecular flexibility index (Phi) is 2.20. The van der Waals surface area contributed by atoms with Crippen LogP contribution in [0, 0.1) is 0 Å². The fourth-order valence-corrected chi connectivity index (χ4v) is 1.51. The van der Waals surface area contributed by atoms with Gasteiger partial charge in [0.25, 0.3) is 0 Å². The zero-order chi connectivity index (χ0) is 10.1. The Balaban J connectivity index is 2.46. The van der Waals surface area contributed by atoms with Crippen LogP contribution in [0.15, 0.2) is 16.6 Å². The number of amides is 1. The number of fused-ring (bicyclic) bond motifs is 1. The van der Waals surface area contributed by atoms with Crippen LogP contribution in [0.4, 0.5) is 4.79 Å². The van der Waals surface area contributed by atoms with E-state index in [0.29, 0.717) is 16.0 Å². The summed E-state index contributed by atoms with van der Waals surface area (Å²) in [5.41, 5.74) is 4.91. The van der Waals surface area contributed by atoms with E-state index in [2.05, 4.69) is 15.9 Å². The van der Waals surface area contributed by atoms with Crippen molar-refractivity contribution in [3.05, 3.63) is 16.6 Å². The number of rotatable bonds is 1. The highest BCUT2D eigenvalue weighted by Crippen LogP contribution is 2.45. The monoisotopic (exact) mass is 259 g/mol. The lowest BCUT2D eigenvalue weighted by Crippen LogP contribution is -2.16. The largest absolute Gasteiger partial charge is 0.453 e. The molecule has 14 heavy (non-hydrogen) atoms. The Morgan fingerprint density at radius 3 is 3.00 bits per heavy atom. The Morgan fingerprint density at radius 2 is 2.29 bits per heavy atom. The third-order valence-corrected chi connectivity index (χ3v) is 2.27. The first-order chi connectivity index (χ1) is 6.68. The van der Waals surface area contributed by atoms with Crippen LogP contribution < -0.4 is 19.9 Å². The van der Waals surface area contributed by atoms with E-state index in [1.54, 1.807) is 12.1 Å². The highest BCUT2D eigenvalue weighted by Gasteiger charge is 2.22. The van der Waals surface area contributed by atoms with Crippen LogP contribution in [0.2, 0.25) is 0 Å². The van der Waals surface area contributed by atoms with Gasteiger partial charge in [0.05, 0.1) is 4.47 Å². The number of halogens is 1. The lowest BCUT2D eigenvalue weighted by atomic mass is 10.3. The number of carbonyl (C=O) groups is 1. The van der Waals surface area contributed by atoms with Gasteiger partial charge in [-0.2, -0.15) is 0 Å². The smallest absolute Gasteiger partial charge is 0.410 e. The minimum Gasteiger partial charge on any atom is -0.453 e. The SMILES string of the molecule is NC(=O)Oc1c(Br)ccc2c1OCO2. The molecule has 1 amide bonds. The molecular weight excluding hydrogens is 254 g/mol. The number of primary amides is 1. The third kappa shape index (κ3) is 1.48. The molecule has 0 unspecified atom stereocenters. The van der Waals surface area contributed by atoms with Crippen molar-refractivity contribution in [2.45, 2.75) is 0 Å². The Labute approximate surface area is 87.9 Å². The molecule has 6 heteroatoms. The van der Waals surface area contributed by atoms with E-state index in [-0.39, 0.29) is 12.5 Å². The fraction of sp³-hybridized carbons (Fsp3) is 0.125. The zero-order valence-corrected chi connectivity index (χ0v) is 8.54. The van der Waals surface area contributed by atoms with E-state index in [1.807, 2.05) is 0 Å². The number of carbonyl (C=O) groups excluding carboxylic acids is 1. The highest BCUT2D eigenvalue weighted by atomic mass is 79.9. The summed E-state index contributed by atoms with van der Waals surface area (Å²) in [5, 5.41) is 0. The normalized spacial score (nSPS) is 12.6. The molecule has 74 valence electrons. The van der Waals surface area contributed by atoms with Crippen LogP contribution in [-0.2, 0) is 0 Å². The van der Waals surface area contributed by atoms with Gasteiger partial charge < -0.3 is 19.9 Å². The van der Waals surface area contributed by atoms with Crippen LogP contribution in [-0.4, -0.2) is 12.9 Å². The van der Waals surface area contributed by atoms with Crippen molar-refractivity contribution in [2.24, 2.45) is 5.73 Å². The molecule has 1 aliphatic rings. The summed E-state index contributed by atoms with van der Waals surface area (Å²) >= 11 is 3.21. The summed E-state index contributed by atoms with van der Waals surface area (Å²) in [6.07, 6.45) is -0.894. The van der Waals surface area contributed by atoms with Gasteiger partial charge in [-0.15, -0.1) is 0 Å². The summed E-state index contributed by atoms with van der Waals surface area (Å²) in [5.74, 6) is 1.16. The maximum atomic E-state index is 10.6. The van der Waals surface area contributed by atoms with Crippen molar-refractivity contribution in [1.82, 2.24) is 0 Å². The van der Waals surface area contributed by atoms with Crippen molar-refractivity contribution in [1.29, 1.82) is 0 Å². The second-order valence-electron chi connectivity index (χ2n) is 2.53. The lowest BCUT2D eigenvalue weighted by Gasteiger charge is -2.06. The van der Waals surface area contributed by atoms with Gasteiger partial charge in [0.1, 0.15) is 0 Å². The molecule has 1 aliphatic heterocycles. The molecule has 0 fully saturated rings.